The van der Waals surface area contributed by atoms with Crippen LogP contribution in [0.1, 0.15) is 40.5 Å². The number of ether oxygens (including phenoxy) is 1. The molecule has 0 aliphatic carbocycles. The van der Waals surface area contributed by atoms with Crippen molar-refractivity contribution in [1.82, 2.24) is 4.90 Å². The Hall–Kier alpha value is -1.58. The molecule has 0 saturated heterocycles. The zero-order chi connectivity index (χ0) is 14.3. The Labute approximate surface area is 115 Å². The monoisotopic (exact) mass is 264 g/mol. The van der Waals surface area contributed by atoms with Gasteiger partial charge in [-0.2, -0.15) is 0 Å². The van der Waals surface area contributed by atoms with Crippen LogP contribution < -0.4 is 0 Å². The van der Waals surface area contributed by atoms with Crippen LogP contribution in [0.15, 0.2) is 29.3 Å². The Morgan fingerprint density at radius 1 is 1.42 bits per heavy atom. The van der Waals surface area contributed by atoms with Gasteiger partial charge in [0.05, 0.1) is 13.1 Å². The molecule has 1 heterocycles. The summed E-state index contributed by atoms with van der Waals surface area (Å²) in [4.78, 5) is 18.0. The second-order valence-corrected chi connectivity index (χ2v) is 5.42. The zero-order valence-corrected chi connectivity index (χ0v) is 12.3. The van der Waals surface area contributed by atoms with E-state index >= 15 is 0 Å². The van der Waals surface area contributed by atoms with Crippen molar-refractivity contribution in [3.8, 4) is 0 Å². The SMILES string of the molecule is C/C=C/C=C/CCC1=NCCN1C(=O)OC(C)(C)C. The van der Waals surface area contributed by atoms with Gasteiger partial charge in [-0.1, -0.05) is 24.3 Å². The lowest BCUT2D eigenvalue weighted by Gasteiger charge is -2.25. The van der Waals surface area contributed by atoms with E-state index in [1.165, 1.54) is 0 Å². The summed E-state index contributed by atoms with van der Waals surface area (Å²) in [5.74, 6) is 0.833. The average molecular weight is 264 g/mol. The minimum Gasteiger partial charge on any atom is -0.443 e. The van der Waals surface area contributed by atoms with Gasteiger partial charge in [0.15, 0.2) is 0 Å². The molecule has 0 saturated carbocycles. The summed E-state index contributed by atoms with van der Waals surface area (Å²) in [6, 6.07) is 0. The van der Waals surface area contributed by atoms with Crippen molar-refractivity contribution in [3.63, 3.8) is 0 Å². The Balaban J connectivity index is 2.47. The summed E-state index contributed by atoms with van der Waals surface area (Å²) in [5, 5.41) is 0. The van der Waals surface area contributed by atoms with Crippen molar-refractivity contribution < 1.29 is 9.53 Å². The van der Waals surface area contributed by atoms with Gasteiger partial charge in [0.2, 0.25) is 0 Å². The molecule has 0 unspecified atom stereocenters. The Kier molecular flexibility index (Phi) is 5.80. The number of hydrogen-bond acceptors (Lipinski definition) is 3. The molecule has 0 N–H and O–H groups in total. The molecule has 0 aromatic heterocycles. The number of allylic oxidation sites excluding steroid dienone is 4. The second kappa shape index (κ2) is 7.12. The van der Waals surface area contributed by atoms with E-state index in [0.29, 0.717) is 13.1 Å². The van der Waals surface area contributed by atoms with Crippen molar-refractivity contribution in [2.45, 2.75) is 46.1 Å². The third-order valence-electron chi connectivity index (χ3n) is 2.52. The molecule has 0 radical (unpaired) electrons. The molecule has 0 aromatic rings. The van der Waals surface area contributed by atoms with E-state index in [0.717, 1.165) is 18.7 Å². The summed E-state index contributed by atoms with van der Waals surface area (Å²) >= 11 is 0. The van der Waals surface area contributed by atoms with Crippen molar-refractivity contribution in [2.75, 3.05) is 13.1 Å². The van der Waals surface area contributed by atoms with Crippen molar-refractivity contribution in [3.05, 3.63) is 24.3 Å². The number of carbonyl (C=O) groups is 1. The summed E-state index contributed by atoms with van der Waals surface area (Å²) in [6.45, 7) is 8.90. The van der Waals surface area contributed by atoms with Crippen molar-refractivity contribution in [2.24, 2.45) is 4.99 Å². The zero-order valence-electron chi connectivity index (χ0n) is 12.3. The lowest BCUT2D eigenvalue weighted by molar-refractivity contribution is 0.0381. The minimum absolute atomic E-state index is 0.291. The standard InChI is InChI=1S/C15H24N2O2/c1-5-6-7-8-9-10-13-16-11-12-17(13)14(18)19-15(2,3)4/h5-8H,9-12H2,1-4H3/b6-5+,8-7+. The molecule has 0 aromatic carbocycles. The Bertz CT molecular complexity index is 389. The highest BCUT2D eigenvalue weighted by Crippen LogP contribution is 2.14. The first-order valence-electron chi connectivity index (χ1n) is 6.75. The van der Waals surface area contributed by atoms with Crippen molar-refractivity contribution >= 4 is 11.9 Å². The molecule has 1 rings (SSSR count). The molecule has 1 aliphatic heterocycles. The quantitative estimate of drug-likeness (QED) is 0.729. The topological polar surface area (TPSA) is 41.9 Å². The number of rotatable bonds is 4. The van der Waals surface area contributed by atoms with Crippen LogP contribution in [0.25, 0.3) is 0 Å². The van der Waals surface area contributed by atoms with E-state index in [1.54, 1.807) is 4.90 Å². The van der Waals surface area contributed by atoms with Crippen LogP contribution in [0, 0.1) is 0 Å². The summed E-state index contributed by atoms with van der Waals surface area (Å²) in [7, 11) is 0. The first-order chi connectivity index (χ1) is 8.94. The lowest BCUT2D eigenvalue weighted by atomic mass is 10.2. The van der Waals surface area contributed by atoms with Crippen LogP contribution >= 0.6 is 0 Å². The van der Waals surface area contributed by atoms with E-state index in [9.17, 15) is 4.79 Å². The lowest BCUT2D eigenvalue weighted by Crippen LogP contribution is -2.38. The van der Waals surface area contributed by atoms with E-state index < -0.39 is 5.60 Å². The molecular formula is C15H24N2O2. The van der Waals surface area contributed by atoms with Gasteiger partial charge in [-0.05, 0) is 34.1 Å². The van der Waals surface area contributed by atoms with Gasteiger partial charge >= 0.3 is 6.09 Å². The molecular weight excluding hydrogens is 240 g/mol. The first kappa shape index (κ1) is 15.5. The van der Waals surface area contributed by atoms with Gasteiger partial charge < -0.3 is 4.74 Å². The van der Waals surface area contributed by atoms with Crippen LogP contribution in [0.2, 0.25) is 0 Å². The van der Waals surface area contributed by atoms with Gasteiger partial charge in [0.1, 0.15) is 11.4 Å². The summed E-state index contributed by atoms with van der Waals surface area (Å²) < 4.78 is 5.37. The third-order valence-corrected chi connectivity index (χ3v) is 2.52. The summed E-state index contributed by atoms with van der Waals surface area (Å²) in [6.07, 6.45) is 9.41. The number of hydrogen-bond donors (Lipinski definition) is 0. The molecule has 4 heteroatoms. The largest absolute Gasteiger partial charge is 0.443 e. The highest BCUT2D eigenvalue weighted by atomic mass is 16.6. The maximum atomic E-state index is 12.0. The van der Waals surface area contributed by atoms with E-state index in [2.05, 4.69) is 11.1 Å². The molecule has 0 atom stereocenters. The van der Waals surface area contributed by atoms with Crippen LogP contribution in [0.5, 0.6) is 0 Å². The molecule has 0 spiro atoms. The van der Waals surface area contributed by atoms with Crippen LogP contribution in [0.4, 0.5) is 4.79 Å². The van der Waals surface area contributed by atoms with Crippen LogP contribution in [0.3, 0.4) is 0 Å². The molecule has 1 amide bonds. The fourth-order valence-electron chi connectivity index (χ4n) is 1.72. The number of amidine groups is 1. The smallest absolute Gasteiger partial charge is 0.415 e. The van der Waals surface area contributed by atoms with Gasteiger partial charge in [-0.15, -0.1) is 0 Å². The predicted octanol–water partition coefficient (Wildman–Crippen LogP) is 3.55. The van der Waals surface area contributed by atoms with E-state index in [4.69, 9.17) is 4.74 Å². The summed E-state index contributed by atoms with van der Waals surface area (Å²) in [5.41, 5.74) is -0.462. The molecule has 0 bridgehead atoms. The van der Waals surface area contributed by atoms with E-state index in [-0.39, 0.29) is 6.09 Å². The van der Waals surface area contributed by atoms with Gasteiger partial charge in [-0.25, -0.2) is 4.79 Å². The molecule has 0 fully saturated rings. The number of nitrogens with zero attached hydrogens (tertiary/aromatic N) is 2. The first-order valence-corrected chi connectivity index (χ1v) is 6.75. The fourth-order valence-corrected chi connectivity index (χ4v) is 1.72. The fraction of sp³-hybridized carbons (Fsp3) is 0.600. The Morgan fingerprint density at radius 2 is 2.16 bits per heavy atom. The highest BCUT2D eigenvalue weighted by molar-refractivity contribution is 5.96. The number of amides is 1. The maximum Gasteiger partial charge on any atom is 0.415 e. The number of aliphatic imine (C=N–C) groups is 1. The van der Waals surface area contributed by atoms with Crippen LogP contribution in [-0.2, 0) is 4.74 Å². The molecule has 1 aliphatic rings. The second-order valence-electron chi connectivity index (χ2n) is 5.42. The minimum atomic E-state index is -0.462. The highest BCUT2D eigenvalue weighted by Gasteiger charge is 2.27. The van der Waals surface area contributed by atoms with Gasteiger partial charge in [-0.3, -0.25) is 9.89 Å². The maximum absolute atomic E-state index is 12.0. The van der Waals surface area contributed by atoms with Gasteiger partial charge in [0.25, 0.3) is 0 Å². The molecule has 106 valence electrons. The normalized spacial score (nSPS) is 16.4. The van der Waals surface area contributed by atoms with Crippen molar-refractivity contribution in [1.29, 1.82) is 0 Å². The number of carbonyl (C=O) groups excluding carboxylic acids is 1. The third kappa shape index (κ3) is 5.73. The van der Waals surface area contributed by atoms with E-state index in [1.807, 2.05) is 45.9 Å². The molecule has 19 heavy (non-hydrogen) atoms. The molecule has 4 nitrogen and oxygen atoms in total. The van der Waals surface area contributed by atoms with Crippen LogP contribution in [-0.4, -0.2) is 35.5 Å². The predicted molar refractivity (Wildman–Crippen MR) is 78.4 cm³/mol. The van der Waals surface area contributed by atoms with Gasteiger partial charge in [0, 0.05) is 6.42 Å². The Morgan fingerprint density at radius 3 is 2.79 bits per heavy atom. The average Bonchev–Trinajstić information content (AvgIpc) is 2.75.